The van der Waals surface area contributed by atoms with Crippen molar-refractivity contribution < 1.29 is 0 Å². The first kappa shape index (κ1) is 20.5. The fraction of sp³-hybridized carbons (Fsp3) is 0.478. The molecule has 0 aliphatic heterocycles. The second-order valence-electron chi connectivity index (χ2n) is 8.77. The summed E-state index contributed by atoms with van der Waals surface area (Å²) in [6.07, 6.45) is 8.17. The van der Waals surface area contributed by atoms with Crippen LogP contribution in [0.1, 0.15) is 55.9 Å². The molecule has 0 amide bonds. The highest BCUT2D eigenvalue weighted by molar-refractivity contribution is 5.86. The van der Waals surface area contributed by atoms with Gasteiger partial charge in [-0.3, -0.25) is 4.68 Å². The number of hydrogen-bond acceptors (Lipinski definition) is 7. The molecule has 0 saturated heterocycles. The van der Waals surface area contributed by atoms with E-state index in [1.165, 1.54) is 17.0 Å². The summed E-state index contributed by atoms with van der Waals surface area (Å²) >= 11 is 0. The number of nitrogens with one attached hydrogen (secondary N) is 1. The number of fused-ring (bicyclic) bond motifs is 2. The summed E-state index contributed by atoms with van der Waals surface area (Å²) < 4.78 is 4.15. The lowest BCUT2D eigenvalue weighted by molar-refractivity contribution is 0.598. The fourth-order valence-corrected chi connectivity index (χ4v) is 4.83. The van der Waals surface area contributed by atoms with E-state index in [2.05, 4.69) is 62.3 Å². The monoisotopic (exact) mass is 431 g/mol. The predicted octanol–water partition coefficient (Wildman–Crippen LogP) is 3.44. The normalized spacial score (nSPS) is 16.0. The summed E-state index contributed by atoms with van der Waals surface area (Å²) in [5.41, 5.74) is 6.43. The SMILES string of the molecule is CCn1c(-c2cnc(C)nc2)nc2c(N[C@H]3CCc4nn(C)c(C(C)C)c4C3)ncnc21. The Kier molecular flexibility index (Phi) is 5.11. The van der Waals surface area contributed by atoms with Gasteiger partial charge < -0.3 is 9.88 Å². The Morgan fingerprint density at radius 1 is 1.16 bits per heavy atom. The average molecular weight is 432 g/mol. The van der Waals surface area contributed by atoms with Gasteiger partial charge in [0.2, 0.25) is 0 Å². The third-order valence-corrected chi connectivity index (χ3v) is 6.23. The maximum atomic E-state index is 4.92. The van der Waals surface area contributed by atoms with Crippen LogP contribution < -0.4 is 5.32 Å². The van der Waals surface area contributed by atoms with Gasteiger partial charge in [-0.1, -0.05) is 13.8 Å². The Bertz CT molecular complexity index is 1270. The first-order valence-electron chi connectivity index (χ1n) is 11.3. The number of aryl methyl sites for hydroxylation is 4. The molecule has 9 nitrogen and oxygen atoms in total. The summed E-state index contributed by atoms with van der Waals surface area (Å²) in [7, 11) is 2.05. The van der Waals surface area contributed by atoms with Crippen molar-refractivity contribution in [3.05, 3.63) is 41.5 Å². The molecule has 1 N–H and O–H groups in total. The minimum absolute atomic E-state index is 0.278. The number of imidazole rings is 1. The van der Waals surface area contributed by atoms with E-state index in [-0.39, 0.29) is 6.04 Å². The van der Waals surface area contributed by atoms with Crippen molar-refractivity contribution in [2.75, 3.05) is 5.32 Å². The van der Waals surface area contributed by atoms with E-state index in [4.69, 9.17) is 10.1 Å². The minimum atomic E-state index is 0.278. The molecule has 1 atom stereocenters. The van der Waals surface area contributed by atoms with Gasteiger partial charge in [-0.25, -0.2) is 24.9 Å². The third kappa shape index (κ3) is 3.41. The molecule has 1 aliphatic rings. The number of rotatable bonds is 5. The zero-order valence-electron chi connectivity index (χ0n) is 19.3. The van der Waals surface area contributed by atoms with Crippen LogP contribution in [-0.2, 0) is 26.4 Å². The highest BCUT2D eigenvalue weighted by Gasteiger charge is 2.27. The first-order valence-corrected chi connectivity index (χ1v) is 11.3. The van der Waals surface area contributed by atoms with Crippen LogP contribution in [0.25, 0.3) is 22.6 Å². The molecule has 4 heterocycles. The van der Waals surface area contributed by atoms with Gasteiger partial charge in [0.25, 0.3) is 0 Å². The number of aromatic nitrogens is 8. The molecular weight excluding hydrogens is 402 g/mol. The molecule has 9 heteroatoms. The highest BCUT2D eigenvalue weighted by atomic mass is 15.3. The zero-order valence-corrected chi connectivity index (χ0v) is 19.3. The fourth-order valence-electron chi connectivity index (χ4n) is 4.83. The van der Waals surface area contributed by atoms with Gasteiger partial charge in [0.1, 0.15) is 18.0 Å². The van der Waals surface area contributed by atoms with Gasteiger partial charge in [-0.2, -0.15) is 5.10 Å². The smallest absolute Gasteiger partial charge is 0.165 e. The van der Waals surface area contributed by atoms with Crippen LogP contribution in [0.5, 0.6) is 0 Å². The van der Waals surface area contributed by atoms with Crippen molar-refractivity contribution >= 4 is 17.0 Å². The molecule has 4 aromatic rings. The van der Waals surface area contributed by atoms with E-state index in [0.717, 1.165) is 60.0 Å². The van der Waals surface area contributed by atoms with Crippen molar-refractivity contribution in [1.82, 2.24) is 39.3 Å². The van der Waals surface area contributed by atoms with Crippen molar-refractivity contribution in [2.24, 2.45) is 7.05 Å². The molecular formula is C23H29N9. The lowest BCUT2D eigenvalue weighted by Crippen LogP contribution is -2.28. The van der Waals surface area contributed by atoms with Gasteiger partial charge in [0.05, 0.1) is 11.3 Å². The molecule has 166 valence electrons. The number of anilines is 1. The summed E-state index contributed by atoms with van der Waals surface area (Å²) in [5, 5.41) is 8.44. The van der Waals surface area contributed by atoms with E-state index >= 15 is 0 Å². The molecule has 0 spiro atoms. The molecule has 4 aromatic heterocycles. The molecule has 32 heavy (non-hydrogen) atoms. The quantitative estimate of drug-likeness (QED) is 0.517. The lowest BCUT2D eigenvalue weighted by atomic mass is 9.89. The summed E-state index contributed by atoms with van der Waals surface area (Å²) in [6.45, 7) is 9.18. The Morgan fingerprint density at radius 3 is 2.66 bits per heavy atom. The summed E-state index contributed by atoms with van der Waals surface area (Å²) in [4.78, 5) is 22.7. The van der Waals surface area contributed by atoms with Crippen LogP contribution in [0.15, 0.2) is 18.7 Å². The molecule has 0 radical (unpaired) electrons. The van der Waals surface area contributed by atoms with Crippen LogP contribution in [0, 0.1) is 6.92 Å². The molecule has 0 bridgehead atoms. The van der Waals surface area contributed by atoms with Crippen molar-refractivity contribution in [1.29, 1.82) is 0 Å². The van der Waals surface area contributed by atoms with Crippen molar-refractivity contribution in [3.63, 3.8) is 0 Å². The van der Waals surface area contributed by atoms with Crippen molar-refractivity contribution in [3.8, 4) is 11.4 Å². The highest BCUT2D eigenvalue weighted by Crippen LogP contribution is 2.31. The van der Waals surface area contributed by atoms with Gasteiger partial charge in [-0.05, 0) is 44.6 Å². The Labute approximate surface area is 187 Å². The van der Waals surface area contributed by atoms with Crippen LogP contribution in [-0.4, -0.2) is 45.3 Å². The first-order chi connectivity index (χ1) is 15.5. The molecule has 0 aromatic carbocycles. The van der Waals surface area contributed by atoms with E-state index in [1.54, 1.807) is 6.33 Å². The predicted molar refractivity (Wildman–Crippen MR) is 123 cm³/mol. The van der Waals surface area contributed by atoms with Crippen LogP contribution in [0.2, 0.25) is 0 Å². The second-order valence-corrected chi connectivity index (χ2v) is 8.77. The zero-order chi connectivity index (χ0) is 22.4. The van der Waals surface area contributed by atoms with E-state index in [1.807, 2.05) is 19.3 Å². The van der Waals surface area contributed by atoms with Gasteiger partial charge in [0.15, 0.2) is 17.0 Å². The number of nitrogens with zero attached hydrogens (tertiary/aromatic N) is 8. The molecule has 1 aliphatic carbocycles. The topological polar surface area (TPSA) is 99.2 Å². The van der Waals surface area contributed by atoms with Crippen LogP contribution >= 0.6 is 0 Å². The maximum absolute atomic E-state index is 4.92. The van der Waals surface area contributed by atoms with Gasteiger partial charge in [-0.15, -0.1) is 0 Å². The largest absolute Gasteiger partial charge is 0.365 e. The summed E-state index contributed by atoms with van der Waals surface area (Å²) in [6, 6.07) is 0.278. The summed E-state index contributed by atoms with van der Waals surface area (Å²) in [5.74, 6) is 2.77. The maximum Gasteiger partial charge on any atom is 0.165 e. The Morgan fingerprint density at radius 2 is 1.94 bits per heavy atom. The Hall–Kier alpha value is -3.36. The standard InChI is InChI=1S/C23H29N9/c1-6-32-22(15-10-24-14(4)25-11-15)29-19-21(26-12-27-23(19)32)28-16-7-8-18-17(9-16)20(13(2)3)31(5)30-18/h10-13,16H,6-9H2,1-5H3,(H,26,27,28)/t16-/m0/s1. The molecule has 5 rings (SSSR count). The van der Waals surface area contributed by atoms with Crippen LogP contribution in [0.3, 0.4) is 0 Å². The van der Waals surface area contributed by atoms with E-state index in [0.29, 0.717) is 5.92 Å². The second kappa shape index (κ2) is 7.96. The van der Waals surface area contributed by atoms with Gasteiger partial charge >= 0.3 is 0 Å². The average Bonchev–Trinajstić information content (AvgIpc) is 3.31. The molecule has 0 unspecified atom stereocenters. The van der Waals surface area contributed by atoms with Gasteiger partial charge in [0, 0.05) is 37.7 Å². The molecule has 0 saturated carbocycles. The molecule has 0 fully saturated rings. The number of hydrogen-bond donors (Lipinski definition) is 1. The van der Waals surface area contributed by atoms with Crippen molar-refractivity contribution in [2.45, 2.75) is 65.5 Å². The van der Waals surface area contributed by atoms with E-state index in [9.17, 15) is 0 Å². The van der Waals surface area contributed by atoms with Crippen LogP contribution in [0.4, 0.5) is 5.82 Å². The minimum Gasteiger partial charge on any atom is -0.365 e. The van der Waals surface area contributed by atoms with E-state index < -0.39 is 0 Å². The lowest BCUT2D eigenvalue weighted by Gasteiger charge is -2.24. The Balaban J connectivity index is 1.50. The third-order valence-electron chi connectivity index (χ3n) is 6.23.